The smallest absolute Gasteiger partial charge is 0.308 e. The Morgan fingerprint density at radius 1 is 1.26 bits per heavy atom. The van der Waals surface area contributed by atoms with Gasteiger partial charge in [-0.3, -0.25) is 4.79 Å². The molecule has 4 rings (SSSR count). The van der Waals surface area contributed by atoms with Crippen LogP contribution in [0.4, 0.5) is 10.2 Å². The van der Waals surface area contributed by atoms with Crippen molar-refractivity contribution >= 4 is 22.7 Å². The molecule has 7 heteroatoms. The first kappa shape index (κ1) is 17.3. The lowest BCUT2D eigenvalue weighted by molar-refractivity contribution is -0.146. The molecule has 0 unspecified atom stereocenters. The number of hydrogen-bond acceptors (Lipinski definition) is 5. The van der Waals surface area contributed by atoms with Crippen LogP contribution in [0, 0.1) is 11.9 Å². The van der Waals surface area contributed by atoms with Gasteiger partial charge in [0.2, 0.25) is 5.95 Å². The molecule has 3 heterocycles. The van der Waals surface area contributed by atoms with Crippen molar-refractivity contribution in [3.8, 4) is 17.0 Å². The predicted octanol–water partition coefficient (Wildman–Crippen LogP) is 3.46. The van der Waals surface area contributed by atoms with Crippen molar-refractivity contribution in [1.29, 1.82) is 0 Å². The predicted molar refractivity (Wildman–Crippen MR) is 100 cm³/mol. The highest BCUT2D eigenvalue weighted by Gasteiger charge is 2.26. The number of ether oxygens (including phenoxy) is 1. The number of halogens is 1. The van der Waals surface area contributed by atoms with Crippen molar-refractivity contribution in [3.05, 3.63) is 42.3 Å². The number of phenolic OH excluding ortho intramolecular Hbond substituents is 1. The van der Waals surface area contributed by atoms with E-state index in [9.17, 15) is 14.3 Å². The maximum absolute atomic E-state index is 14.7. The number of nitrogens with zero attached hydrogens (tertiary/aromatic N) is 2. The molecule has 1 aliphatic heterocycles. The number of fused-ring (bicyclic) bond motifs is 1. The van der Waals surface area contributed by atoms with Crippen molar-refractivity contribution in [3.63, 3.8) is 0 Å². The molecule has 2 aromatic heterocycles. The fourth-order valence-electron chi connectivity index (χ4n) is 3.58. The van der Waals surface area contributed by atoms with Crippen LogP contribution in [-0.2, 0) is 9.53 Å². The molecule has 1 saturated heterocycles. The van der Waals surface area contributed by atoms with Crippen LogP contribution < -0.4 is 4.90 Å². The number of pyridine rings is 1. The summed E-state index contributed by atoms with van der Waals surface area (Å²) in [6.45, 7) is 1.27. The summed E-state index contributed by atoms with van der Waals surface area (Å²) in [5, 5.41) is 10.4. The zero-order chi connectivity index (χ0) is 19.0. The SMILES string of the molecule is COC(=O)C1CCN(c2ccc(-c3cc4cc(O)ccc4[nH]3)c([18F])n2)CC1. The van der Waals surface area contributed by atoms with E-state index in [1.807, 2.05) is 4.90 Å². The minimum absolute atomic E-state index is 0.0989. The second-order valence-electron chi connectivity index (χ2n) is 6.75. The number of aromatic hydroxyl groups is 1. The molecule has 0 atom stereocenters. The van der Waals surface area contributed by atoms with Crippen molar-refractivity contribution in [2.24, 2.45) is 5.92 Å². The van der Waals surface area contributed by atoms with Crippen LogP contribution in [0.5, 0.6) is 5.75 Å². The number of aromatic nitrogens is 2. The number of hydrogen-bond donors (Lipinski definition) is 2. The van der Waals surface area contributed by atoms with Gasteiger partial charge in [0.25, 0.3) is 0 Å². The number of anilines is 1. The average molecular weight is 368 g/mol. The van der Waals surface area contributed by atoms with Gasteiger partial charge >= 0.3 is 5.97 Å². The van der Waals surface area contributed by atoms with E-state index in [1.54, 1.807) is 36.4 Å². The van der Waals surface area contributed by atoms with E-state index in [0.29, 0.717) is 43.0 Å². The summed E-state index contributed by atoms with van der Waals surface area (Å²) in [6.07, 6.45) is 1.34. The second kappa shape index (κ2) is 6.90. The molecule has 3 aromatic rings. The summed E-state index contributed by atoms with van der Waals surface area (Å²) >= 11 is 0. The van der Waals surface area contributed by atoms with Crippen LogP contribution >= 0.6 is 0 Å². The fraction of sp³-hybridized carbons (Fsp3) is 0.300. The Morgan fingerprint density at radius 2 is 2.04 bits per heavy atom. The molecule has 27 heavy (non-hydrogen) atoms. The molecule has 140 valence electrons. The molecule has 2 N–H and O–H groups in total. The Labute approximate surface area is 155 Å². The highest BCUT2D eigenvalue weighted by atomic mass is 18.2. The zero-order valence-electron chi connectivity index (χ0n) is 14.9. The number of esters is 1. The maximum Gasteiger partial charge on any atom is 0.308 e. The Morgan fingerprint density at radius 3 is 2.74 bits per heavy atom. The van der Waals surface area contributed by atoms with Crippen LogP contribution in [0.2, 0.25) is 0 Å². The molecule has 0 aliphatic carbocycles. The Bertz CT molecular complexity index is 993. The summed E-state index contributed by atoms with van der Waals surface area (Å²) in [7, 11) is 1.40. The van der Waals surface area contributed by atoms with E-state index in [0.717, 1.165) is 10.9 Å². The van der Waals surface area contributed by atoms with E-state index in [-0.39, 0.29) is 17.6 Å². The molecule has 0 spiro atoms. The zero-order valence-corrected chi connectivity index (χ0v) is 14.9. The largest absolute Gasteiger partial charge is 0.508 e. The van der Waals surface area contributed by atoms with E-state index in [4.69, 9.17) is 4.74 Å². The third-order valence-corrected chi connectivity index (χ3v) is 5.08. The number of aromatic amines is 1. The number of phenols is 1. The summed E-state index contributed by atoms with van der Waals surface area (Å²) in [5.74, 6) is -0.115. The maximum atomic E-state index is 14.7. The topological polar surface area (TPSA) is 78.5 Å². The lowest BCUT2D eigenvalue weighted by atomic mass is 9.97. The molecular formula is C20H20FN3O3. The lowest BCUT2D eigenvalue weighted by Gasteiger charge is -2.31. The number of benzene rings is 1. The molecule has 1 aromatic carbocycles. The quantitative estimate of drug-likeness (QED) is 0.547. The van der Waals surface area contributed by atoms with Gasteiger partial charge in [0.1, 0.15) is 11.6 Å². The third kappa shape index (κ3) is 3.32. The first-order valence-corrected chi connectivity index (χ1v) is 8.86. The summed E-state index contributed by atoms with van der Waals surface area (Å²) in [5.41, 5.74) is 1.80. The van der Waals surface area contributed by atoms with Crippen LogP contribution in [0.15, 0.2) is 36.4 Å². The van der Waals surface area contributed by atoms with E-state index in [1.165, 1.54) is 7.11 Å². The minimum atomic E-state index is -0.557. The number of piperidine rings is 1. The van der Waals surface area contributed by atoms with Crippen molar-refractivity contribution in [1.82, 2.24) is 9.97 Å². The molecular weight excluding hydrogens is 348 g/mol. The molecule has 0 bridgehead atoms. The van der Waals surface area contributed by atoms with Crippen LogP contribution in [0.1, 0.15) is 12.8 Å². The van der Waals surface area contributed by atoms with Gasteiger partial charge < -0.3 is 19.7 Å². The normalized spacial score (nSPS) is 15.3. The van der Waals surface area contributed by atoms with Gasteiger partial charge in [-0.2, -0.15) is 4.39 Å². The van der Waals surface area contributed by atoms with Crippen LogP contribution in [-0.4, -0.2) is 41.2 Å². The molecule has 0 radical (unpaired) electrons. The van der Waals surface area contributed by atoms with Crippen molar-refractivity contribution in [2.45, 2.75) is 12.8 Å². The number of carbonyl (C=O) groups excluding carboxylic acids is 1. The second-order valence-corrected chi connectivity index (χ2v) is 6.75. The van der Waals surface area contributed by atoms with Crippen molar-refractivity contribution < 1.29 is 19.0 Å². The van der Waals surface area contributed by atoms with E-state index < -0.39 is 5.95 Å². The first-order valence-electron chi connectivity index (χ1n) is 8.86. The highest BCUT2D eigenvalue weighted by molar-refractivity contribution is 5.87. The van der Waals surface area contributed by atoms with Gasteiger partial charge in [-0.1, -0.05) is 0 Å². The summed E-state index contributed by atoms with van der Waals surface area (Å²) < 4.78 is 19.5. The van der Waals surface area contributed by atoms with Gasteiger partial charge in [0, 0.05) is 24.0 Å². The van der Waals surface area contributed by atoms with Gasteiger partial charge in [0.15, 0.2) is 0 Å². The fourth-order valence-corrected chi connectivity index (χ4v) is 3.58. The number of carbonyl (C=O) groups is 1. The number of nitrogens with one attached hydrogen (secondary N) is 1. The van der Waals surface area contributed by atoms with E-state index in [2.05, 4.69) is 9.97 Å². The molecule has 0 amide bonds. The van der Waals surface area contributed by atoms with Gasteiger partial charge in [-0.15, -0.1) is 0 Å². The standard InChI is InChI=1S/C20H20FN3O3/c1-27-20(26)12-6-8-24(9-7-12)18-5-3-15(19(21)23-18)17-11-13-10-14(25)2-4-16(13)22-17/h2-5,10-12,22,25H,6-9H2,1H3/i21-1. The van der Waals surface area contributed by atoms with Gasteiger partial charge in [-0.05, 0) is 49.2 Å². The van der Waals surface area contributed by atoms with Crippen LogP contribution in [0.3, 0.4) is 0 Å². The number of H-pyrrole nitrogens is 1. The molecule has 1 aliphatic rings. The molecule has 0 saturated carbocycles. The van der Waals surface area contributed by atoms with E-state index >= 15 is 0 Å². The van der Waals surface area contributed by atoms with Crippen LogP contribution in [0.25, 0.3) is 22.2 Å². The minimum Gasteiger partial charge on any atom is -0.508 e. The molecule has 6 nitrogen and oxygen atoms in total. The third-order valence-electron chi connectivity index (χ3n) is 5.08. The number of methoxy groups -OCH3 is 1. The van der Waals surface area contributed by atoms with Gasteiger partial charge in [0.05, 0.1) is 24.3 Å². The van der Waals surface area contributed by atoms with Crippen molar-refractivity contribution in [2.75, 3.05) is 25.1 Å². The number of rotatable bonds is 3. The monoisotopic (exact) mass is 368 g/mol. The molecule has 1 fully saturated rings. The summed E-state index contributed by atoms with van der Waals surface area (Å²) in [6, 6.07) is 10.2. The van der Waals surface area contributed by atoms with Gasteiger partial charge in [-0.25, -0.2) is 4.98 Å². The Balaban J connectivity index is 1.55. The summed E-state index contributed by atoms with van der Waals surface area (Å²) in [4.78, 5) is 20.9. The highest BCUT2D eigenvalue weighted by Crippen LogP contribution is 2.30. The Kier molecular flexibility index (Phi) is 4.43. The first-order chi connectivity index (χ1) is 13.0. The average Bonchev–Trinajstić information content (AvgIpc) is 3.10. The Hall–Kier alpha value is -3.09. The lowest BCUT2D eigenvalue weighted by Crippen LogP contribution is -2.37.